The summed E-state index contributed by atoms with van der Waals surface area (Å²) < 4.78 is 0.863. The molecule has 0 bridgehead atoms. The molecule has 0 spiro atoms. The smallest absolute Gasteiger partial charge is 0.257 e. The van der Waals surface area contributed by atoms with E-state index in [0.717, 1.165) is 10.2 Å². The summed E-state index contributed by atoms with van der Waals surface area (Å²) in [6, 6.07) is 8.80. The molecular weight excluding hydrogens is 316 g/mol. The van der Waals surface area contributed by atoms with Crippen molar-refractivity contribution >= 4 is 39.1 Å². The summed E-state index contributed by atoms with van der Waals surface area (Å²) in [6.07, 6.45) is 1.54. The topological polar surface area (TPSA) is 42.0 Å². The Hall–Kier alpha value is -1.39. The molecule has 0 aliphatic carbocycles. The molecule has 3 nitrogen and oxygen atoms in total. The Morgan fingerprint density at radius 3 is 2.72 bits per heavy atom. The van der Waals surface area contributed by atoms with E-state index in [1.807, 2.05) is 13.0 Å². The van der Waals surface area contributed by atoms with Crippen LogP contribution < -0.4 is 5.32 Å². The van der Waals surface area contributed by atoms with E-state index in [1.165, 1.54) is 6.20 Å². The highest BCUT2D eigenvalue weighted by molar-refractivity contribution is 9.10. The van der Waals surface area contributed by atoms with Crippen LogP contribution >= 0.6 is 27.5 Å². The molecule has 0 saturated heterocycles. The van der Waals surface area contributed by atoms with E-state index in [-0.39, 0.29) is 5.91 Å². The molecule has 1 heterocycles. The third-order valence-corrected chi connectivity index (χ3v) is 3.16. The Kier molecular flexibility index (Phi) is 3.99. The molecule has 0 saturated carbocycles. The zero-order valence-corrected chi connectivity index (χ0v) is 11.9. The average molecular weight is 326 g/mol. The van der Waals surface area contributed by atoms with Gasteiger partial charge in [-0.2, -0.15) is 0 Å². The number of carbonyl (C=O) groups excluding carboxylic acids is 1. The van der Waals surface area contributed by atoms with Crippen molar-refractivity contribution in [1.29, 1.82) is 0 Å². The van der Waals surface area contributed by atoms with Gasteiger partial charge in [-0.05, 0) is 37.3 Å². The summed E-state index contributed by atoms with van der Waals surface area (Å²) in [5.41, 5.74) is 1.94. The highest BCUT2D eigenvalue weighted by Crippen LogP contribution is 2.25. The minimum atomic E-state index is -0.230. The van der Waals surface area contributed by atoms with Gasteiger partial charge in [-0.3, -0.25) is 9.78 Å². The van der Waals surface area contributed by atoms with Crippen molar-refractivity contribution in [2.24, 2.45) is 0 Å². The fourth-order valence-electron chi connectivity index (χ4n) is 1.39. The summed E-state index contributed by atoms with van der Waals surface area (Å²) in [6.45, 7) is 1.87. The largest absolute Gasteiger partial charge is 0.321 e. The second-order valence-corrected chi connectivity index (χ2v) is 5.09. The van der Waals surface area contributed by atoms with Crippen LogP contribution in [0, 0.1) is 6.92 Å². The Morgan fingerprint density at radius 1 is 1.33 bits per heavy atom. The van der Waals surface area contributed by atoms with Crippen molar-refractivity contribution < 1.29 is 4.79 Å². The van der Waals surface area contributed by atoms with E-state index >= 15 is 0 Å². The minimum absolute atomic E-state index is 0.230. The van der Waals surface area contributed by atoms with E-state index in [9.17, 15) is 4.79 Å². The Bertz CT molecular complexity index is 584. The number of rotatable bonds is 2. The van der Waals surface area contributed by atoms with E-state index in [1.54, 1.807) is 24.3 Å². The molecule has 1 amide bonds. The maximum absolute atomic E-state index is 11.9. The number of hydrogen-bond donors (Lipinski definition) is 1. The van der Waals surface area contributed by atoms with Gasteiger partial charge in [0.25, 0.3) is 5.91 Å². The number of nitrogens with one attached hydrogen (secondary N) is 1. The molecule has 0 radical (unpaired) electrons. The fourth-order valence-corrected chi connectivity index (χ4v) is 2.11. The number of halogens is 2. The first-order chi connectivity index (χ1) is 8.56. The van der Waals surface area contributed by atoms with Crippen LogP contribution in [0.1, 0.15) is 16.1 Å². The first-order valence-electron chi connectivity index (χ1n) is 5.25. The highest BCUT2D eigenvalue weighted by Gasteiger charge is 2.08. The Labute approximate surface area is 118 Å². The first kappa shape index (κ1) is 13.1. The summed E-state index contributed by atoms with van der Waals surface area (Å²) in [4.78, 5) is 16.0. The number of hydrogen-bond acceptors (Lipinski definition) is 2. The van der Waals surface area contributed by atoms with Gasteiger partial charge in [-0.25, -0.2) is 0 Å². The molecule has 18 heavy (non-hydrogen) atoms. The molecule has 0 atom stereocenters. The zero-order chi connectivity index (χ0) is 13.1. The predicted molar refractivity (Wildman–Crippen MR) is 76.1 cm³/mol. The number of amides is 1. The summed E-state index contributed by atoms with van der Waals surface area (Å²) >= 11 is 9.33. The van der Waals surface area contributed by atoms with Crippen LogP contribution in [0.25, 0.3) is 0 Å². The van der Waals surface area contributed by atoms with Crippen LogP contribution in [0.5, 0.6) is 0 Å². The summed E-state index contributed by atoms with van der Waals surface area (Å²) in [5, 5.41) is 3.23. The van der Waals surface area contributed by atoms with Crippen LogP contribution in [-0.4, -0.2) is 10.9 Å². The van der Waals surface area contributed by atoms with Crippen molar-refractivity contribution in [3.63, 3.8) is 0 Å². The third-order valence-electron chi connectivity index (χ3n) is 2.35. The molecule has 0 unspecified atom stereocenters. The van der Waals surface area contributed by atoms with Gasteiger partial charge in [0.1, 0.15) is 0 Å². The van der Waals surface area contributed by atoms with Crippen LogP contribution in [0.2, 0.25) is 5.02 Å². The van der Waals surface area contributed by atoms with Gasteiger partial charge in [0.05, 0.1) is 16.3 Å². The van der Waals surface area contributed by atoms with E-state index in [2.05, 4.69) is 26.2 Å². The standard InChI is InChI=1S/C13H10BrClN2O/c1-8-2-3-9(7-16-8)13(18)17-12-5-4-10(14)6-11(12)15/h2-7H,1H3,(H,17,18). The zero-order valence-electron chi connectivity index (χ0n) is 9.58. The number of nitrogens with zero attached hydrogens (tertiary/aromatic N) is 1. The maximum Gasteiger partial charge on any atom is 0.257 e. The number of aryl methyl sites for hydroxylation is 1. The summed E-state index contributed by atoms with van der Waals surface area (Å²) in [7, 11) is 0. The molecule has 1 aromatic heterocycles. The monoisotopic (exact) mass is 324 g/mol. The Morgan fingerprint density at radius 2 is 2.11 bits per heavy atom. The van der Waals surface area contributed by atoms with Gasteiger partial charge in [0, 0.05) is 16.4 Å². The van der Waals surface area contributed by atoms with E-state index in [0.29, 0.717) is 16.3 Å². The molecule has 1 aromatic carbocycles. The molecular formula is C13H10BrClN2O. The molecule has 0 fully saturated rings. The van der Waals surface area contributed by atoms with E-state index < -0.39 is 0 Å². The van der Waals surface area contributed by atoms with Gasteiger partial charge in [0.2, 0.25) is 0 Å². The minimum Gasteiger partial charge on any atom is -0.321 e. The molecule has 0 aliphatic rings. The quantitative estimate of drug-likeness (QED) is 0.905. The fraction of sp³-hybridized carbons (Fsp3) is 0.0769. The maximum atomic E-state index is 11.9. The van der Waals surface area contributed by atoms with Gasteiger partial charge < -0.3 is 5.32 Å². The number of anilines is 1. The number of benzene rings is 1. The SMILES string of the molecule is Cc1ccc(C(=O)Nc2ccc(Br)cc2Cl)cn1. The number of aromatic nitrogens is 1. The second kappa shape index (κ2) is 5.50. The molecule has 92 valence electrons. The molecule has 0 aliphatic heterocycles. The molecule has 1 N–H and O–H groups in total. The van der Waals surface area contributed by atoms with E-state index in [4.69, 9.17) is 11.6 Å². The number of pyridine rings is 1. The molecule has 5 heteroatoms. The lowest BCUT2D eigenvalue weighted by atomic mass is 10.2. The van der Waals surface area contributed by atoms with Crippen molar-refractivity contribution in [2.75, 3.05) is 5.32 Å². The lowest BCUT2D eigenvalue weighted by Gasteiger charge is -2.07. The molecule has 2 aromatic rings. The third kappa shape index (κ3) is 3.09. The van der Waals surface area contributed by atoms with Gasteiger partial charge in [0.15, 0.2) is 0 Å². The Balaban J connectivity index is 2.18. The van der Waals surface area contributed by atoms with Crippen molar-refractivity contribution in [1.82, 2.24) is 4.98 Å². The van der Waals surface area contributed by atoms with Gasteiger partial charge in [-0.1, -0.05) is 27.5 Å². The lowest BCUT2D eigenvalue weighted by Crippen LogP contribution is -2.12. The van der Waals surface area contributed by atoms with Crippen molar-refractivity contribution in [3.05, 3.63) is 57.3 Å². The highest BCUT2D eigenvalue weighted by atomic mass is 79.9. The summed E-state index contributed by atoms with van der Waals surface area (Å²) in [5.74, 6) is -0.230. The number of carbonyl (C=O) groups is 1. The first-order valence-corrected chi connectivity index (χ1v) is 6.42. The lowest BCUT2D eigenvalue weighted by molar-refractivity contribution is 0.102. The van der Waals surface area contributed by atoms with Gasteiger partial charge >= 0.3 is 0 Å². The van der Waals surface area contributed by atoms with Crippen molar-refractivity contribution in [3.8, 4) is 0 Å². The van der Waals surface area contributed by atoms with Gasteiger partial charge in [-0.15, -0.1) is 0 Å². The van der Waals surface area contributed by atoms with Crippen LogP contribution in [0.15, 0.2) is 41.0 Å². The van der Waals surface area contributed by atoms with Crippen LogP contribution in [-0.2, 0) is 0 Å². The van der Waals surface area contributed by atoms with Crippen LogP contribution in [0.3, 0.4) is 0 Å². The average Bonchev–Trinajstić information content (AvgIpc) is 2.33. The predicted octanol–water partition coefficient (Wildman–Crippen LogP) is 4.06. The van der Waals surface area contributed by atoms with Crippen LogP contribution in [0.4, 0.5) is 5.69 Å². The van der Waals surface area contributed by atoms with Crippen molar-refractivity contribution in [2.45, 2.75) is 6.92 Å². The second-order valence-electron chi connectivity index (χ2n) is 3.77. The normalized spacial score (nSPS) is 10.2. The molecule has 2 rings (SSSR count).